The Kier molecular flexibility index (Phi) is 9.38. The average molecular weight is 553 g/mol. The molecule has 2 saturated heterocycles. The van der Waals surface area contributed by atoms with E-state index in [1.807, 2.05) is 59.5 Å². The second kappa shape index (κ2) is 13.3. The van der Waals surface area contributed by atoms with Gasteiger partial charge in [0, 0.05) is 31.2 Å². The number of hydrogen-bond donors (Lipinski definition) is 2. The van der Waals surface area contributed by atoms with Crippen LogP contribution in [0.3, 0.4) is 0 Å². The van der Waals surface area contributed by atoms with Crippen LogP contribution >= 0.6 is 0 Å². The third-order valence-electron chi connectivity index (χ3n) is 7.27. The first-order chi connectivity index (χ1) is 19.4. The lowest BCUT2D eigenvalue weighted by atomic mass is 9.94. The monoisotopic (exact) mass is 552 g/mol. The number of hydrogen-bond acceptors (Lipinski definition) is 6. The number of amides is 1. The molecule has 3 aromatic rings. The van der Waals surface area contributed by atoms with Crippen LogP contribution < -0.4 is 10.1 Å². The van der Waals surface area contributed by atoms with Gasteiger partial charge in [0.2, 0.25) is 5.91 Å². The van der Waals surface area contributed by atoms with Gasteiger partial charge in [-0.2, -0.15) is 0 Å². The summed E-state index contributed by atoms with van der Waals surface area (Å²) in [4.78, 5) is 14.7. The highest BCUT2D eigenvalue weighted by Crippen LogP contribution is 2.29. The second-order valence-electron chi connectivity index (χ2n) is 10.3. The van der Waals surface area contributed by atoms with E-state index in [0.717, 1.165) is 29.2 Å². The van der Waals surface area contributed by atoms with Gasteiger partial charge in [0.25, 0.3) is 0 Å². The molecule has 2 N–H and O–H groups in total. The molecule has 1 amide bonds. The van der Waals surface area contributed by atoms with Gasteiger partial charge >= 0.3 is 0 Å². The van der Waals surface area contributed by atoms with Crippen LogP contribution in [0.4, 0.5) is 8.78 Å². The van der Waals surface area contributed by atoms with Crippen LogP contribution in [0.15, 0.2) is 72.8 Å². The zero-order valence-electron chi connectivity index (χ0n) is 22.2. The summed E-state index contributed by atoms with van der Waals surface area (Å²) in [6, 6.07) is 20.3. The van der Waals surface area contributed by atoms with Crippen molar-refractivity contribution in [1.29, 1.82) is 0 Å². The molecule has 212 valence electrons. The maximum absolute atomic E-state index is 14.4. The van der Waals surface area contributed by atoms with Gasteiger partial charge in [-0.1, -0.05) is 30.3 Å². The number of fused-ring (bicyclic) bond motifs is 1. The minimum atomic E-state index is -0.750. The van der Waals surface area contributed by atoms with Crippen molar-refractivity contribution >= 4 is 5.91 Å². The van der Waals surface area contributed by atoms with E-state index in [-0.39, 0.29) is 62.4 Å². The van der Waals surface area contributed by atoms with Crippen molar-refractivity contribution in [3.63, 3.8) is 0 Å². The third kappa shape index (κ3) is 7.63. The first kappa shape index (κ1) is 28.2. The molecule has 40 heavy (non-hydrogen) atoms. The van der Waals surface area contributed by atoms with Crippen molar-refractivity contribution in [3.05, 3.63) is 95.6 Å². The number of carbonyl (C=O) groups is 1. The minimum Gasteiger partial charge on any atom is -0.457 e. The summed E-state index contributed by atoms with van der Waals surface area (Å²) in [7, 11) is 0. The SMILES string of the molecule is O=C(C[C@@H]1CC[C@@H]2[C@H](COC[C@@H](O)CN2Cc2cc(F)ccc2F)O1)NCc1ccc(Oc2ccccc2)cc1. The average Bonchev–Trinajstić information content (AvgIpc) is 2.94. The number of β-amino-alcohol motifs (C(OH)–C–C–N with tert-alkyl or cyclic N) is 1. The molecule has 0 radical (unpaired) electrons. The molecule has 4 atom stereocenters. The third-order valence-corrected chi connectivity index (χ3v) is 7.27. The van der Waals surface area contributed by atoms with Crippen LogP contribution in [0.2, 0.25) is 0 Å². The van der Waals surface area contributed by atoms with Crippen LogP contribution in [0.1, 0.15) is 30.4 Å². The molecule has 0 bridgehead atoms. The molecule has 0 saturated carbocycles. The molecular formula is C31H34F2N2O5. The molecular weight excluding hydrogens is 518 g/mol. The fourth-order valence-electron chi connectivity index (χ4n) is 5.29. The minimum absolute atomic E-state index is 0.117. The lowest BCUT2D eigenvalue weighted by molar-refractivity contribution is -0.158. The quantitative estimate of drug-likeness (QED) is 0.426. The fraction of sp³-hybridized carbons (Fsp3) is 0.387. The number of benzene rings is 3. The highest BCUT2D eigenvalue weighted by molar-refractivity contribution is 5.76. The summed E-state index contributed by atoms with van der Waals surface area (Å²) >= 11 is 0. The lowest BCUT2D eigenvalue weighted by Gasteiger charge is -2.44. The van der Waals surface area contributed by atoms with E-state index in [4.69, 9.17) is 14.2 Å². The number of para-hydroxylation sites is 1. The van der Waals surface area contributed by atoms with E-state index in [1.165, 1.54) is 6.07 Å². The van der Waals surface area contributed by atoms with Gasteiger partial charge in [-0.25, -0.2) is 8.78 Å². The number of aliphatic hydroxyl groups excluding tert-OH is 1. The first-order valence-electron chi connectivity index (χ1n) is 13.6. The molecule has 0 aromatic heterocycles. The van der Waals surface area contributed by atoms with Crippen molar-refractivity contribution < 1.29 is 32.9 Å². The topological polar surface area (TPSA) is 80.3 Å². The molecule has 2 fully saturated rings. The van der Waals surface area contributed by atoms with Crippen LogP contribution in [-0.4, -0.2) is 60.0 Å². The summed E-state index contributed by atoms with van der Waals surface area (Å²) in [6.45, 7) is 1.15. The molecule has 2 aliphatic heterocycles. The molecule has 9 heteroatoms. The normalized spacial score (nSPS) is 23.5. The van der Waals surface area contributed by atoms with E-state index in [2.05, 4.69) is 5.32 Å². The predicted molar refractivity (Wildman–Crippen MR) is 145 cm³/mol. The van der Waals surface area contributed by atoms with Crippen molar-refractivity contribution in [3.8, 4) is 11.5 Å². The van der Waals surface area contributed by atoms with E-state index in [1.54, 1.807) is 0 Å². The molecule has 7 nitrogen and oxygen atoms in total. The van der Waals surface area contributed by atoms with Crippen LogP contribution in [0.25, 0.3) is 0 Å². The Morgan fingerprint density at radius 3 is 2.58 bits per heavy atom. The zero-order valence-corrected chi connectivity index (χ0v) is 22.2. The standard InChI is InChI=1S/C31H34F2N2O5/c32-23-8-12-28(33)22(14-23)17-35-18-24(36)19-38-20-30-29(35)13-11-27(40-30)15-31(37)34-16-21-6-9-26(10-7-21)39-25-4-2-1-3-5-25/h1-10,12,14,24,27,29-30,36H,11,13,15-20H2,(H,34,37)/t24-,27-,29+,30-/m0/s1. The smallest absolute Gasteiger partial charge is 0.222 e. The van der Waals surface area contributed by atoms with Crippen LogP contribution in [-0.2, 0) is 27.4 Å². The Labute approximate surface area is 232 Å². The predicted octanol–water partition coefficient (Wildman–Crippen LogP) is 4.57. The summed E-state index contributed by atoms with van der Waals surface area (Å²) in [6.07, 6.45) is 0.118. The summed E-state index contributed by atoms with van der Waals surface area (Å²) < 4.78 is 45.9. The molecule has 2 aliphatic rings. The largest absolute Gasteiger partial charge is 0.457 e. The number of nitrogens with one attached hydrogen (secondary N) is 1. The van der Waals surface area contributed by atoms with Gasteiger partial charge < -0.3 is 24.6 Å². The first-order valence-corrected chi connectivity index (χ1v) is 13.6. The van der Waals surface area contributed by atoms with Gasteiger partial charge in [0.1, 0.15) is 23.1 Å². The number of ether oxygens (including phenoxy) is 3. The van der Waals surface area contributed by atoms with Crippen molar-refractivity contribution in [1.82, 2.24) is 10.2 Å². The Bertz CT molecular complexity index is 1260. The Morgan fingerprint density at radius 1 is 1.00 bits per heavy atom. The maximum Gasteiger partial charge on any atom is 0.222 e. The van der Waals surface area contributed by atoms with E-state index in [9.17, 15) is 18.7 Å². The van der Waals surface area contributed by atoms with E-state index < -0.39 is 17.7 Å². The van der Waals surface area contributed by atoms with Gasteiger partial charge in [-0.05, 0) is 60.9 Å². The lowest BCUT2D eigenvalue weighted by Crippen LogP contribution is -2.55. The highest BCUT2D eigenvalue weighted by atomic mass is 19.1. The number of rotatable bonds is 8. The fourth-order valence-corrected chi connectivity index (χ4v) is 5.29. The van der Waals surface area contributed by atoms with Gasteiger partial charge in [-0.15, -0.1) is 0 Å². The molecule has 0 unspecified atom stereocenters. The Hall–Kier alpha value is -3.37. The zero-order chi connectivity index (χ0) is 27.9. The number of aliphatic hydroxyl groups is 1. The van der Waals surface area contributed by atoms with Crippen molar-refractivity contribution in [2.45, 2.75) is 56.7 Å². The number of halogens is 2. The summed E-state index contributed by atoms with van der Waals surface area (Å²) in [5.41, 5.74) is 1.18. The van der Waals surface area contributed by atoms with Crippen LogP contribution in [0, 0.1) is 11.6 Å². The highest BCUT2D eigenvalue weighted by Gasteiger charge is 2.38. The Balaban J connectivity index is 1.13. The molecule has 3 aromatic carbocycles. The number of nitrogens with zero attached hydrogens (tertiary/aromatic N) is 1. The second-order valence-corrected chi connectivity index (χ2v) is 10.3. The van der Waals surface area contributed by atoms with Crippen molar-refractivity contribution in [2.24, 2.45) is 0 Å². The summed E-state index contributed by atoms with van der Waals surface area (Å²) in [5, 5.41) is 13.3. The Morgan fingerprint density at radius 2 is 1.77 bits per heavy atom. The molecule has 0 aliphatic carbocycles. The van der Waals surface area contributed by atoms with Crippen molar-refractivity contribution in [2.75, 3.05) is 19.8 Å². The van der Waals surface area contributed by atoms with Crippen LogP contribution in [0.5, 0.6) is 11.5 Å². The van der Waals surface area contributed by atoms with E-state index in [0.29, 0.717) is 19.4 Å². The van der Waals surface area contributed by atoms with Gasteiger partial charge in [0.05, 0.1) is 37.9 Å². The van der Waals surface area contributed by atoms with Gasteiger partial charge in [0.15, 0.2) is 0 Å². The number of carbonyl (C=O) groups excluding carboxylic acids is 1. The van der Waals surface area contributed by atoms with E-state index >= 15 is 0 Å². The molecule has 2 heterocycles. The maximum atomic E-state index is 14.4. The molecule has 5 rings (SSSR count). The van der Waals surface area contributed by atoms with Gasteiger partial charge in [-0.3, -0.25) is 9.69 Å². The summed E-state index contributed by atoms with van der Waals surface area (Å²) in [5.74, 6) is 0.360. The molecule has 0 spiro atoms.